The largest absolute Gasteiger partial charge is 0.373 e. The number of hydrogen-bond acceptors (Lipinski definition) is 3. The molecule has 1 aliphatic rings. The predicted molar refractivity (Wildman–Crippen MR) is 30.0 cm³/mol. The van der Waals surface area contributed by atoms with Gasteiger partial charge in [0.15, 0.2) is 5.78 Å². The molecule has 0 radical (unpaired) electrons. The lowest BCUT2D eigenvalue weighted by Gasteiger charge is -2.00. The van der Waals surface area contributed by atoms with E-state index >= 15 is 0 Å². The number of rotatable bonds is 1. The minimum absolute atomic E-state index is 0.00755. The Morgan fingerprint density at radius 3 is 2.44 bits per heavy atom. The Bertz CT molecular complexity index is 150. The molecule has 1 saturated carbocycles. The van der Waals surface area contributed by atoms with Crippen LogP contribution in [0.2, 0.25) is 0 Å². The summed E-state index contributed by atoms with van der Waals surface area (Å²) in [6.07, 6.45) is -0.106. The lowest BCUT2D eigenvalue weighted by atomic mass is 10.3. The smallest absolute Gasteiger partial charge is 0.169 e. The average Bonchev–Trinajstić information content (AvgIpc) is 2.10. The fraction of sp³-hybridized carbons (Fsp3) is 0.667. The normalized spacial score (nSPS) is 27.4. The predicted octanol–water partition coefficient (Wildman–Crippen LogP) is -0.0666. The second kappa shape index (κ2) is 2.27. The first-order chi connectivity index (χ1) is 4.24. The zero-order valence-corrected chi connectivity index (χ0v) is 5.22. The minimum atomic E-state index is -0.447. The van der Waals surface area contributed by atoms with Gasteiger partial charge in [0.1, 0.15) is 11.9 Å². The highest BCUT2D eigenvalue weighted by Crippen LogP contribution is 2.12. The quantitative estimate of drug-likeness (QED) is 0.464. The fourth-order valence-corrected chi connectivity index (χ4v) is 0.916. The summed E-state index contributed by atoms with van der Waals surface area (Å²) in [4.78, 5) is 21.2. The van der Waals surface area contributed by atoms with Gasteiger partial charge in [0.25, 0.3) is 0 Å². The van der Waals surface area contributed by atoms with Crippen molar-refractivity contribution in [3.05, 3.63) is 0 Å². The van der Waals surface area contributed by atoms with Crippen molar-refractivity contribution < 1.29 is 14.3 Å². The maximum Gasteiger partial charge on any atom is 0.169 e. The number of Topliss-reactive ketones (excluding diaryl/α,β-unsaturated/α-hetero) is 2. The summed E-state index contributed by atoms with van der Waals surface area (Å²) in [6, 6.07) is 0. The third-order valence-corrected chi connectivity index (χ3v) is 1.43. The molecule has 0 bridgehead atoms. The van der Waals surface area contributed by atoms with E-state index in [-0.39, 0.29) is 24.4 Å². The Morgan fingerprint density at radius 1 is 1.56 bits per heavy atom. The molecular formula is C6H8O3. The molecule has 1 rings (SSSR count). The van der Waals surface area contributed by atoms with Crippen molar-refractivity contribution in [1.82, 2.24) is 0 Å². The Morgan fingerprint density at radius 2 is 2.22 bits per heavy atom. The molecule has 0 aromatic heterocycles. The van der Waals surface area contributed by atoms with Gasteiger partial charge in [-0.15, -0.1) is 0 Å². The van der Waals surface area contributed by atoms with E-state index < -0.39 is 6.10 Å². The molecule has 0 aromatic rings. The zero-order valence-electron chi connectivity index (χ0n) is 5.22. The van der Waals surface area contributed by atoms with Crippen molar-refractivity contribution in [2.75, 3.05) is 7.11 Å². The number of hydrogen-bond donors (Lipinski definition) is 0. The topological polar surface area (TPSA) is 43.4 Å². The summed E-state index contributed by atoms with van der Waals surface area (Å²) in [5.41, 5.74) is 0. The van der Waals surface area contributed by atoms with Gasteiger partial charge in [-0.1, -0.05) is 0 Å². The van der Waals surface area contributed by atoms with Crippen molar-refractivity contribution in [2.24, 2.45) is 0 Å². The van der Waals surface area contributed by atoms with Crippen molar-refractivity contribution in [1.29, 1.82) is 0 Å². The Hall–Kier alpha value is -0.700. The monoisotopic (exact) mass is 128 g/mol. The van der Waals surface area contributed by atoms with Gasteiger partial charge in [-0.25, -0.2) is 0 Å². The molecule has 9 heavy (non-hydrogen) atoms. The van der Waals surface area contributed by atoms with Gasteiger partial charge in [0.2, 0.25) is 0 Å². The first-order valence-corrected chi connectivity index (χ1v) is 2.81. The summed E-state index contributed by atoms with van der Waals surface area (Å²) in [5, 5.41) is 0. The van der Waals surface area contributed by atoms with E-state index in [9.17, 15) is 9.59 Å². The summed E-state index contributed by atoms with van der Waals surface area (Å²) < 4.78 is 4.72. The Kier molecular flexibility index (Phi) is 1.62. The van der Waals surface area contributed by atoms with E-state index in [4.69, 9.17) is 4.74 Å². The number of carbonyl (C=O) groups is 2. The second-order valence-corrected chi connectivity index (χ2v) is 2.11. The van der Waals surface area contributed by atoms with Crippen LogP contribution in [0.5, 0.6) is 0 Å². The fourth-order valence-electron chi connectivity index (χ4n) is 0.916. The van der Waals surface area contributed by atoms with Crippen molar-refractivity contribution in [2.45, 2.75) is 18.9 Å². The van der Waals surface area contributed by atoms with Gasteiger partial charge in [0.05, 0.1) is 6.42 Å². The number of ether oxygens (including phenoxy) is 1. The Balaban J connectivity index is 2.58. The van der Waals surface area contributed by atoms with Crippen LogP contribution in [0.3, 0.4) is 0 Å². The van der Waals surface area contributed by atoms with Crippen LogP contribution in [0.25, 0.3) is 0 Å². The highest BCUT2D eigenvalue weighted by molar-refractivity contribution is 6.08. The van der Waals surface area contributed by atoms with E-state index in [1.165, 1.54) is 7.11 Å². The minimum Gasteiger partial charge on any atom is -0.373 e. The standard InChI is InChI=1S/C6H8O3/c1-9-6-3-4(7)2-5(6)8/h6H,2-3H2,1H3. The molecule has 0 amide bonds. The van der Waals surface area contributed by atoms with E-state index in [0.717, 1.165) is 0 Å². The SMILES string of the molecule is COC1CC(=O)CC1=O. The van der Waals surface area contributed by atoms with Crippen LogP contribution in [0, 0.1) is 0 Å². The van der Waals surface area contributed by atoms with Crippen LogP contribution < -0.4 is 0 Å². The maximum atomic E-state index is 10.7. The van der Waals surface area contributed by atoms with Gasteiger partial charge in [-0.3, -0.25) is 9.59 Å². The maximum absolute atomic E-state index is 10.7. The first-order valence-electron chi connectivity index (χ1n) is 2.81. The van der Waals surface area contributed by atoms with Crippen LogP contribution in [0.1, 0.15) is 12.8 Å². The molecule has 3 nitrogen and oxygen atoms in total. The van der Waals surface area contributed by atoms with Crippen molar-refractivity contribution in [3.63, 3.8) is 0 Å². The molecule has 1 unspecified atom stereocenters. The molecule has 1 atom stereocenters. The van der Waals surface area contributed by atoms with Crippen LogP contribution in [0.4, 0.5) is 0 Å². The summed E-state index contributed by atoms with van der Waals surface area (Å²) in [5.74, 6) is -0.0886. The molecule has 50 valence electrons. The molecule has 0 N–H and O–H groups in total. The molecule has 0 heterocycles. The molecule has 0 aromatic carbocycles. The molecule has 3 heteroatoms. The van der Waals surface area contributed by atoms with Crippen molar-refractivity contribution in [3.8, 4) is 0 Å². The second-order valence-electron chi connectivity index (χ2n) is 2.11. The Labute approximate surface area is 53.0 Å². The molecule has 0 aliphatic heterocycles. The number of methoxy groups -OCH3 is 1. The number of ketones is 2. The summed E-state index contributed by atoms with van der Waals surface area (Å²) >= 11 is 0. The first kappa shape index (κ1) is 6.42. The van der Waals surface area contributed by atoms with E-state index in [2.05, 4.69) is 0 Å². The summed E-state index contributed by atoms with van der Waals surface area (Å²) in [7, 11) is 1.45. The van der Waals surface area contributed by atoms with Gasteiger partial charge < -0.3 is 4.74 Å². The molecule has 1 fully saturated rings. The lowest BCUT2D eigenvalue weighted by Crippen LogP contribution is -2.14. The van der Waals surface area contributed by atoms with E-state index in [1.807, 2.05) is 0 Å². The van der Waals surface area contributed by atoms with Crippen LogP contribution >= 0.6 is 0 Å². The number of carbonyl (C=O) groups excluding carboxylic acids is 2. The van der Waals surface area contributed by atoms with Gasteiger partial charge >= 0.3 is 0 Å². The molecule has 0 saturated heterocycles. The van der Waals surface area contributed by atoms with Gasteiger partial charge in [-0.05, 0) is 0 Å². The van der Waals surface area contributed by atoms with Gasteiger partial charge in [0, 0.05) is 13.5 Å². The van der Waals surface area contributed by atoms with Crippen LogP contribution in [0.15, 0.2) is 0 Å². The molecule has 0 spiro atoms. The zero-order chi connectivity index (χ0) is 6.85. The molecule has 1 aliphatic carbocycles. The lowest BCUT2D eigenvalue weighted by molar-refractivity contribution is -0.126. The third-order valence-electron chi connectivity index (χ3n) is 1.43. The van der Waals surface area contributed by atoms with Gasteiger partial charge in [-0.2, -0.15) is 0 Å². The highest BCUT2D eigenvalue weighted by atomic mass is 16.5. The van der Waals surface area contributed by atoms with E-state index in [1.54, 1.807) is 0 Å². The van der Waals surface area contributed by atoms with E-state index in [0.29, 0.717) is 0 Å². The van der Waals surface area contributed by atoms with Crippen molar-refractivity contribution >= 4 is 11.6 Å². The highest BCUT2D eigenvalue weighted by Gasteiger charge is 2.30. The average molecular weight is 128 g/mol. The van der Waals surface area contributed by atoms with Crippen LogP contribution in [-0.4, -0.2) is 24.8 Å². The summed E-state index contributed by atoms with van der Waals surface area (Å²) in [6.45, 7) is 0. The van der Waals surface area contributed by atoms with Crippen LogP contribution in [-0.2, 0) is 14.3 Å². The molecular weight excluding hydrogens is 120 g/mol. The third kappa shape index (κ3) is 1.16.